The van der Waals surface area contributed by atoms with Crippen LogP contribution < -0.4 is 0 Å². The number of nitrogens with zero attached hydrogens (tertiary/aromatic N) is 1. The molecule has 1 saturated heterocycles. The molecule has 3 rings (SSSR count). The number of ether oxygens (including phenoxy) is 1. The molecule has 1 aromatic carbocycles. The summed E-state index contributed by atoms with van der Waals surface area (Å²) in [5.41, 5.74) is 2.57. The molecule has 0 saturated carbocycles. The number of benzene rings is 1. The second kappa shape index (κ2) is 5.94. The van der Waals surface area contributed by atoms with Crippen molar-refractivity contribution in [2.45, 2.75) is 37.8 Å². The van der Waals surface area contributed by atoms with Crippen LogP contribution in [0.1, 0.15) is 36.5 Å². The molecule has 1 aromatic rings. The van der Waals surface area contributed by atoms with Gasteiger partial charge in [-0.05, 0) is 36.9 Å². The van der Waals surface area contributed by atoms with Crippen molar-refractivity contribution in [2.75, 3.05) is 19.7 Å². The molecule has 2 aliphatic heterocycles. The first-order chi connectivity index (χ1) is 9.75. The van der Waals surface area contributed by atoms with Gasteiger partial charge >= 0.3 is 5.97 Å². The van der Waals surface area contributed by atoms with Crippen LogP contribution in [0.4, 0.5) is 0 Å². The summed E-state index contributed by atoms with van der Waals surface area (Å²) < 4.78 is 5.90. The Hall–Kier alpha value is -1.39. The van der Waals surface area contributed by atoms with Crippen LogP contribution in [-0.2, 0) is 16.0 Å². The van der Waals surface area contributed by atoms with Crippen molar-refractivity contribution >= 4 is 5.97 Å². The summed E-state index contributed by atoms with van der Waals surface area (Å²) >= 11 is 0. The van der Waals surface area contributed by atoms with Gasteiger partial charge in [-0.3, -0.25) is 9.69 Å². The summed E-state index contributed by atoms with van der Waals surface area (Å²) in [6.45, 7) is 2.28. The molecule has 2 aliphatic rings. The van der Waals surface area contributed by atoms with E-state index in [2.05, 4.69) is 23.1 Å². The smallest absolute Gasteiger partial charge is 0.320 e. The highest BCUT2D eigenvalue weighted by atomic mass is 16.5. The largest absolute Gasteiger partial charge is 0.480 e. The lowest BCUT2D eigenvalue weighted by molar-refractivity contribution is -0.145. The van der Waals surface area contributed by atoms with E-state index in [-0.39, 0.29) is 12.1 Å². The number of piperidine rings is 1. The van der Waals surface area contributed by atoms with Gasteiger partial charge in [-0.1, -0.05) is 30.7 Å². The van der Waals surface area contributed by atoms with Gasteiger partial charge in [-0.2, -0.15) is 0 Å². The maximum Gasteiger partial charge on any atom is 0.320 e. The number of rotatable bonds is 3. The fourth-order valence-electron chi connectivity index (χ4n) is 3.33. The summed E-state index contributed by atoms with van der Waals surface area (Å²) in [5, 5.41) is 9.35. The van der Waals surface area contributed by atoms with Gasteiger partial charge in [0.2, 0.25) is 0 Å². The first kappa shape index (κ1) is 13.6. The van der Waals surface area contributed by atoms with E-state index in [4.69, 9.17) is 4.74 Å². The van der Waals surface area contributed by atoms with Gasteiger partial charge in [0.1, 0.15) is 6.04 Å². The van der Waals surface area contributed by atoms with Gasteiger partial charge in [0, 0.05) is 6.54 Å². The zero-order valence-corrected chi connectivity index (χ0v) is 11.6. The minimum Gasteiger partial charge on any atom is -0.480 e. The van der Waals surface area contributed by atoms with Crippen molar-refractivity contribution < 1.29 is 14.6 Å². The fourth-order valence-corrected chi connectivity index (χ4v) is 3.33. The lowest BCUT2D eigenvalue weighted by Gasteiger charge is -2.37. The highest BCUT2D eigenvalue weighted by Crippen LogP contribution is 2.29. The molecule has 0 spiro atoms. The molecular weight excluding hydrogens is 254 g/mol. The first-order valence-electron chi connectivity index (χ1n) is 7.42. The Morgan fingerprint density at radius 2 is 2.20 bits per heavy atom. The zero-order valence-electron chi connectivity index (χ0n) is 11.6. The summed E-state index contributed by atoms with van der Waals surface area (Å²) in [6.07, 6.45) is 3.81. The fraction of sp³-hybridized carbons (Fsp3) is 0.562. The first-order valence-corrected chi connectivity index (χ1v) is 7.42. The SMILES string of the molecule is O=C(O)C1CCCCN1CC1OCCc2ccccc21. The van der Waals surface area contributed by atoms with Crippen molar-refractivity contribution in [3.05, 3.63) is 35.4 Å². The number of carbonyl (C=O) groups is 1. The van der Waals surface area contributed by atoms with E-state index in [0.717, 1.165) is 38.8 Å². The van der Waals surface area contributed by atoms with E-state index < -0.39 is 5.97 Å². The molecule has 0 amide bonds. The topological polar surface area (TPSA) is 49.8 Å². The molecule has 108 valence electrons. The number of likely N-dealkylation sites (tertiary alicyclic amines) is 1. The Labute approximate surface area is 119 Å². The third-order valence-corrected chi connectivity index (χ3v) is 4.39. The van der Waals surface area contributed by atoms with Crippen LogP contribution in [0.25, 0.3) is 0 Å². The van der Waals surface area contributed by atoms with Gasteiger partial charge < -0.3 is 9.84 Å². The molecule has 4 heteroatoms. The Kier molecular flexibility index (Phi) is 4.03. The summed E-state index contributed by atoms with van der Waals surface area (Å²) in [7, 11) is 0. The van der Waals surface area contributed by atoms with Crippen molar-refractivity contribution in [3.63, 3.8) is 0 Å². The summed E-state index contributed by atoms with van der Waals surface area (Å²) in [4.78, 5) is 13.5. The van der Waals surface area contributed by atoms with Crippen LogP contribution in [0, 0.1) is 0 Å². The second-order valence-electron chi connectivity index (χ2n) is 5.65. The summed E-state index contributed by atoms with van der Waals surface area (Å²) in [5.74, 6) is -0.700. The molecule has 0 aliphatic carbocycles. The average molecular weight is 275 g/mol. The molecular formula is C16H21NO3. The minimum atomic E-state index is -0.700. The predicted octanol–water partition coefficient (Wildman–Crippen LogP) is 2.24. The molecule has 20 heavy (non-hydrogen) atoms. The lowest BCUT2D eigenvalue weighted by atomic mass is 9.95. The molecule has 2 unspecified atom stereocenters. The normalized spacial score (nSPS) is 27.0. The third-order valence-electron chi connectivity index (χ3n) is 4.39. The molecule has 4 nitrogen and oxygen atoms in total. The van der Waals surface area contributed by atoms with Gasteiger partial charge in [0.25, 0.3) is 0 Å². The Bertz CT molecular complexity index is 488. The van der Waals surface area contributed by atoms with Crippen LogP contribution in [0.3, 0.4) is 0 Å². The van der Waals surface area contributed by atoms with E-state index >= 15 is 0 Å². The van der Waals surface area contributed by atoms with Gasteiger partial charge in [0.15, 0.2) is 0 Å². The molecule has 0 radical (unpaired) electrons. The predicted molar refractivity (Wildman–Crippen MR) is 75.7 cm³/mol. The van der Waals surface area contributed by atoms with Crippen LogP contribution in [0.2, 0.25) is 0 Å². The quantitative estimate of drug-likeness (QED) is 0.919. The van der Waals surface area contributed by atoms with E-state index in [1.54, 1.807) is 0 Å². The van der Waals surface area contributed by atoms with Gasteiger partial charge in [-0.15, -0.1) is 0 Å². The van der Waals surface area contributed by atoms with Crippen LogP contribution in [-0.4, -0.2) is 41.7 Å². The number of carboxylic acids is 1. The molecule has 0 aromatic heterocycles. The van der Waals surface area contributed by atoms with E-state index in [9.17, 15) is 9.90 Å². The highest BCUT2D eigenvalue weighted by Gasteiger charge is 2.32. The van der Waals surface area contributed by atoms with E-state index in [1.165, 1.54) is 11.1 Å². The number of carboxylic acid groups (broad SMARTS) is 1. The zero-order chi connectivity index (χ0) is 13.9. The Morgan fingerprint density at radius 3 is 3.05 bits per heavy atom. The maximum absolute atomic E-state index is 11.4. The molecule has 1 N–H and O–H groups in total. The Balaban J connectivity index is 1.76. The van der Waals surface area contributed by atoms with E-state index in [0.29, 0.717) is 6.54 Å². The van der Waals surface area contributed by atoms with Crippen LogP contribution >= 0.6 is 0 Å². The van der Waals surface area contributed by atoms with Crippen molar-refractivity contribution in [3.8, 4) is 0 Å². The maximum atomic E-state index is 11.4. The Morgan fingerprint density at radius 1 is 1.35 bits per heavy atom. The van der Waals surface area contributed by atoms with Crippen molar-refractivity contribution in [1.29, 1.82) is 0 Å². The average Bonchev–Trinajstić information content (AvgIpc) is 2.48. The lowest BCUT2D eigenvalue weighted by Crippen LogP contribution is -2.47. The van der Waals surface area contributed by atoms with Crippen molar-refractivity contribution in [2.24, 2.45) is 0 Å². The van der Waals surface area contributed by atoms with Gasteiger partial charge in [-0.25, -0.2) is 0 Å². The number of hydrogen-bond acceptors (Lipinski definition) is 3. The summed E-state index contributed by atoms with van der Waals surface area (Å²) in [6, 6.07) is 8.00. The standard InChI is InChI=1S/C16H21NO3/c18-16(19)14-7-3-4-9-17(14)11-15-13-6-2-1-5-12(13)8-10-20-15/h1-2,5-6,14-15H,3-4,7-11H2,(H,18,19). The minimum absolute atomic E-state index is 0.0138. The van der Waals surface area contributed by atoms with E-state index in [1.807, 2.05) is 6.07 Å². The third kappa shape index (κ3) is 2.72. The number of aliphatic carboxylic acids is 1. The molecule has 2 heterocycles. The van der Waals surface area contributed by atoms with Crippen molar-refractivity contribution in [1.82, 2.24) is 4.90 Å². The van der Waals surface area contributed by atoms with Crippen LogP contribution in [0.15, 0.2) is 24.3 Å². The monoisotopic (exact) mass is 275 g/mol. The number of hydrogen-bond donors (Lipinski definition) is 1. The molecule has 0 bridgehead atoms. The van der Waals surface area contributed by atoms with Crippen LogP contribution in [0.5, 0.6) is 0 Å². The highest BCUT2D eigenvalue weighted by molar-refractivity contribution is 5.73. The number of fused-ring (bicyclic) bond motifs is 1. The second-order valence-corrected chi connectivity index (χ2v) is 5.65. The van der Waals surface area contributed by atoms with Gasteiger partial charge in [0.05, 0.1) is 12.7 Å². The molecule has 2 atom stereocenters. The molecule has 1 fully saturated rings.